The van der Waals surface area contributed by atoms with Crippen LogP contribution < -0.4 is 9.62 Å². The van der Waals surface area contributed by atoms with Crippen LogP contribution in [0.1, 0.15) is 43.0 Å². The van der Waals surface area contributed by atoms with E-state index < -0.39 is 34.2 Å². The molecule has 226 valence electrons. The van der Waals surface area contributed by atoms with Crippen molar-refractivity contribution in [1.29, 1.82) is 0 Å². The Labute approximate surface area is 255 Å². The molecule has 0 aromatic heterocycles. The van der Waals surface area contributed by atoms with Gasteiger partial charge in [-0.15, -0.1) is 0 Å². The molecule has 3 rings (SSSR count). The van der Waals surface area contributed by atoms with Crippen LogP contribution in [0, 0.1) is 13.8 Å². The van der Waals surface area contributed by atoms with Crippen molar-refractivity contribution in [3.8, 4) is 0 Å². The number of carbonyl (C=O) groups is 2. The molecule has 0 aliphatic carbocycles. The molecular formula is C32H41ClN4O4S. The molecular weight excluding hydrogens is 572 g/mol. The van der Waals surface area contributed by atoms with Gasteiger partial charge in [0.15, 0.2) is 0 Å². The molecule has 0 saturated carbocycles. The van der Waals surface area contributed by atoms with Crippen molar-refractivity contribution in [2.45, 2.75) is 59.2 Å². The molecule has 8 nitrogen and oxygen atoms in total. The van der Waals surface area contributed by atoms with Gasteiger partial charge in [-0.05, 0) is 75.1 Å². The first-order chi connectivity index (χ1) is 19.6. The fourth-order valence-corrected chi connectivity index (χ4v) is 5.85. The smallest absolute Gasteiger partial charge is 0.304 e. The highest BCUT2D eigenvalue weighted by molar-refractivity contribution is 7.90. The molecule has 0 radical (unpaired) electrons. The highest BCUT2D eigenvalue weighted by Gasteiger charge is 2.36. The standard InChI is InChI=1S/C32H41ClN4O4S/c1-23-16-17-24(2)28(18-23)37(42(40,41)35(6)7)22-30(38)36(21-26-14-11-15-27(33)19-26)29(31(39)34-32(3,4)5)20-25-12-9-8-10-13-25/h8-19,29H,20-22H2,1-7H3,(H,34,39). The van der Waals surface area contributed by atoms with Crippen molar-refractivity contribution in [3.63, 3.8) is 0 Å². The molecule has 42 heavy (non-hydrogen) atoms. The molecule has 10 heteroatoms. The van der Waals surface area contributed by atoms with Gasteiger partial charge in [0, 0.05) is 37.6 Å². The fourth-order valence-electron chi connectivity index (χ4n) is 4.53. The fraction of sp³-hybridized carbons (Fsp3) is 0.375. The summed E-state index contributed by atoms with van der Waals surface area (Å²) in [6, 6.07) is 21.1. The van der Waals surface area contributed by atoms with Crippen LogP contribution in [0.25, 0.3) is 0 Å². The zero-order valence-corrected chi connectivity index (χ0v) is 27.0. The molecule has 3 aromatic rings. The second-order valence-corrected chi connectivity index (χ2v) is 14.2. The molecule has 3 aromatic carbocycles. The number of nitrogens with zero attached hydrogens (tertiary/aromatic N) is 3. The van der Waals surface area contributed by atoms with Gasteiger partial charge in [-0.3, -0.25) is 9.59 Å². The third-order valence-corrected chi connectivity index (χ3v) is 8.70. The van der Waals surface area contributed by atoms with Crippen molar-refractivity contribution < 1.29 is 18.0 Å². The lowest BCUT2D eigenvalue weighted by Crippen LogP contribution is -2.56. The topological polar surface area (TPSA) is 90.0 Å². The van der Waals surface area contributed by atoms with Crippen LogP contribution in [0.15, 0.2) is 72.8 Å². The second-order valence-electron chi connectivity index (χ2n) is 11.7. The summed E-state index contributed by atoms with van der Waals surface area (Å²) in [6.45, 7) is 8.84. The number of anilines is 1. The minimum absolute atomic E-state index is 0.0527. The van der Waals surface area contributed by atoms with Crippen LogP contribution >= 0.6 is 11.6 Å². The van der Waals surface area contributed by atoms with E-state index in [1.54, 1.807) is 31.2 Å². The van der Waals surface area contributed by atoms with Crippen LogP contribution in [-0.4, -0.2) is 61.7 Å². The van der Waals surface area contributed by atoms with Crippen molar-refractivity contribution in [2.24, 2.45) is 0 Å². The van der Waals surface area contributed by atoms with Crippen molar-refractivity contribution >= 4 is 39.3 Å². The van der Waals surface area contributed by atoms with Gasteiger partial charge in [-0.1, -0.05) is 66.2 Å². The van der Waals surface area contributed by atoms with E-state index in [4.69, 9.17) is 11.6 Å². The number of hydrogen-bond donors (Lipinski definition) is 1. The van der Waals surface area contributed by atoms with Gasteiger partial charge in [0.2, 0.25) is 11.8 Å². The second kappa shape index (κ2) is 13.7. The average molecular weight is 613 g/mol. The van der Waals surface area contributed by atoms with Crippen LogP contribution in [0.5, 0.6) is 0 Å². The lowest BCUT2D eigenvalue weighted by molar-refractivity contribution is -0.140. The maximum absolute atomic E-state index is 14.4. The molecule has 0 saturated heterocycles. The SMILES string of the molecule is Cc1ccc(C)c(N(CC(=O)N(Cc2cccc(Cl)c2)C(Cc2ccccc2)C(=O)NC(C)(C)C)S(=O)(=O)N(C)C)c1. The van der Waals surface area contributed by atoms with Crippen LogP contribution in [0.2, 0.25) is 5.02 Å². The van der Waals surface area contributed by atoms with Gasteiger partial charge < -0.3 is 10.2 Å². The first-order valence-corrected chi connectivity index (χ1v) is 15.5. The van der Waals surface area contributed by atoms with E-state index in [0.717, 1.165) is 19.7 Å². The molecule has 1 N–H and O–H groups in total. The van der Waals surface area contributed by atoms with E-state index in [2.05, 4.69) is 5.32 Å². The Kier molecular flexibility index (Phi) is 10.8. The Morgan fingerprint density at radius 2 is 1.55 bits per heavy atom. The Bertz CT molecular complexity index is 1500. The predicted octanol–water partition coefficient (Wildman–Crippen LogP) is 5.12. The highest BCUT2D eigenvalue weighted by Crippen LogP contribution is 2.26. The Morgan fingerprint density at radius 1 is 0.905 bits per heavy atom. The number of rotatable bonds is 11. The van der Waals surface area contributed by atoms with E-state index in [1.165, 1.54) is 19.0 Å². The van der Waals surface area contributed by atoms with Crippen LogP contribution in [-0.2, 0) is 32.8 Å². The molecule has 0 spiro atoms. The number of nitrogens with one attached hydrogen (secondary N) is 1. The third-order valence-electron chi connectivity index (χ3n) is 6.66. The summed E-state index contributed by atoms with van der Waals surface area (Å²) in [5, 5.41) is 3.51. The molecule has 0 fully saturated rings. The summed E-state index contributed by atoms with van der Waals surface area (Å²) in [6.07, 6.45) is 0.235. The summed E-state index contributed by atoms with van der Waals surface area (Å²) >= 11 is 6.28. The quantitative estimate of drug-likeness (QED) is 0.325. The molecule has 1 unspecified atom stereocenters. The molecule has 1 atom stereocenters. The Morgan fingerprint density at radius 3 is 2.14 bits per heavy atom. The largest absolute Gasteiger partial charge is 0.350 e. The average Bonchev–Trinajstić information content (AvgIpc) is 2.90. The zero-order chi connectivity index (χ0) is 31.2. The lowest BCUT2D eigenvalue weighted by Gasteiger charge is -2.36. The van der Waals surface area contributed by atoms with E-state index in [0.29, 0.717) is 21.8 Å². The number of amides is 2. The summed E-state index contributed by atoms with van der Waals surface area (Å²) < 4.78 is 29.4. The minimum Gasteiger partial charge on any atom is -0.350 e. The summed E-state index contributed by atoms with van der Waals surface area (Å²) in [5.74, 6) is -0.859. The minimum atomic E-state index is -4.08. The summed E-state index contributed by atoms with van der Waals surface area (Å²) in [4.78, 5) is 29.7. The van der Waals surface area contributed by atoms with Gasteiger partial charge in [-0.25, -0.2) is 4.31 Å². The Balaban J connectivity index is 2.15. The third kappa shape index (κ3) is 8.80. The number of halogens is 1. The number of aryl methyl sites for hydroxylation is 2. The molecule has 0 bridgehead atoms. The van der Waals surface area contributed by atoms with Crippen molar-refractivity contribution in [2.75, 3.05) is 24.9 Å². The predicted molar refractivity (Wildman–Crippen MR) is 170 cm³/mol. The molecule has 0 aliphatic heterocycles. The normalized spacial score (nSPS) is 12.6. The maximum atomic E-state index is 14.4. The molecule has 0 aliphatic rings. The molecule has 0 heterocycles. The lowest BCUT2D eigenvalue weighted by atomic mass is 10.0. The van der Waals surface area contributed by atoms with Crippen LogP contribution in [0.4, 0.5) is 5.69 Å². The van der Waals surface area contributed by atoms with E-state index in [-0.39, 0.29) is 18.9 Å². The monoisotopic (exact) mass is 612 g/mol. The van der Waals surface area contributed by atoms with Gasteiger partial charge in [0.25, 0.3) is 0 Å². The summed E-state index contributed by atoms with van der Waals surface area (Å²) in [7, 11) is -1.22. The maximum Gasteiger partial charge on any atom is 0.304 e. The van der Waals surface area contributed by atoms with Crippen molar-refractivity contribution in [3.05, 3.63) is 100 Å². The highest BCUT2D eigenvalue weighted by atomic mass is 35.5. The van der Waals surface area contributed by atoms with Gasteiger partial charge in [0.1, 0.15) is 12.6 Å². The van der Waals surface area contributed by atoms with Crippen molar-refractivity contribution in [1.82, 2.24) is 14.5 Å². The first kappa shape index (κ1) is 33.1. The van der Waals surface area contributed by atoms with Gasteiger partial charge in [-0.2, -0.15) is 12.7 Å². The molecule has 2 amide bonds. The van der Waals surface area contributed by atoms with Gasteiger partial charge >= 0.3 is 10.2 Å². The van der Waals surface area contributed by atoms with Crippen LogP contribution in [0.3, 0.4) is 0 Å². The number of benzene rings is 3. The number of hydrogen-bond acceptors (Lipinski definition) is 4. The zero-order valence-electron chi connectivity index (χ0n) is 25.4. The van der Waals surface area contributed by atoms with E-state index >= 15 is 0 Å². The van der Waals surface area contributed by atoms with E-state index in [9.17, 15) is 18.0 Å². The van der Waals surface area contributed by atoms with E-state index in [1.807, 2.05) is 76.2 Å². The summed E-state index contributed by atoms with van der Waals surface area (Å²) in [5.41, 5.74) is 2.97. The Hall–Kier alpha value is -3.40. The first-order valence-electron chi connectivity index (χ1n) is 13.8. The van der Waals surface area contributed by atoms with Gasteiger partial charge in [0.05, 0.1) is 5.69 Å². The number of carbonyl (C=O) groups excluding carboxylic acids is 2.